The molecule has 14 nitrogen and oxygen atoms in total. The van der Waals surface area contributed by atoms with Gasteiger partial charge in [-0.25, -0.2) is 0 Å². The maximum Gasteiger partial charge on any atom is 0.164 e. The molecule has 308 valence electrons. The third-order valence-corrected chi connectivity index (χ3v) is 12.3. The second-order valence-electron chi connectivity index (χ2n) is 18.3. The Morgan fingerprint density at radius 1 is 0.364 bits per heavy atom. The molecule has 4 fully saturated rings. The summed E-state index contributed by atoms with van der Waals surface area (Å²) in [7, 11) is 0. The minimum Gasteiger partial charge on any atom is -0.388 e. The molecule has 0 spiro atoms. The Morgan fingerprint density at radius 3 is 0.836 bits per heavy atom. The summed E-state index contributed by atoms with van der Waals surface area (Å²) in [5.41, 5.74) is 0. The van der Waals surface area contributed by atoms with Gasteiger partial charge in [0, 0.05) is 0 Å². The molecule has 4 aliphatic carbocycles. The van der Waals surface area contributed by atoms with Crippen molar-refractivity contribution in [3.8, 4) is 0 Å². The average molecular weight is 775 g/mol. The molecule has 4 aliphatic heterocycles. The summed E-state index contributed by atoms with van der Waals surface area (Å²) in [6, 6.07) is -1.80. The van der Waals surface area contributed by atoms with Crippen molar-refractivity contribution in [2.45, 2.75) is 195 Å². The van der Waals surface area contributed by atoms with Crippen LogP contribution in [0.1, 0.15) is 74.7 Å². The van der Waals surface area contributed by atoms with Gasteiger partial charge in [-0.05, 0) is 81.3 Å². The van der Waals surface area contributed by atoms with Crippen molar-refractivity contribution in [3.05, 3.63) is 48.6 Å². The molecule has 0 saturated carbocycles. The molecular weight excluding hydrogens is 712 g/mol. The Balaban J connectivity index is 0.986. The first-order valence-electron chi connectivity index (χ1n) is 20.2. The number of rotatable bonds is 10. The van der Waals surface area contributed by atoms with Gasteiger partial charge in [0.25, 0.3) is 0 Å². The third kappa shape index (κ3) is 7.83. The first kappa shape index (κ1) is 40.2. The zero-order valence-corrected chi connectivity index (χ0v) is 33.3. The topological polar surface area (TPSA) is 161 Å². The number of nitrogens with zero attached hydrogens (tertiary/aromatic N) is 2. The Labute approximate surface area is 324 Å². The molecule has 16 atom stereocenters. The Kier molecular flexibility index (Phi) is 10.7. The van der Waals surface area contributed by atoms with Crippen molar-refractivity contribution in [2.75, 3.05) is 13.1 Å². The van der Waals surface area contributed by atoms with E-state index in [9.17, 15) is 20.4 Å². The molecule has 4 saturated heterocycles. The lowest BCUT2D eigenvalue weighted by Gasteiger charge is -2.45. The van der Waals surface area contributed by atoms with Gasteiger partial charge in [0.2, 0.25) is 0 Å². The quantitative estimate of drug-likeness (QED) is 0.189. The maximum absolute atomic E-state index is 11.8. The number of aliphatic hydroxyl groups is 4. The van der Waals surface area contributed by atoms with E-state index in [4.69, 9.17) is 37.9 Å². The summed E-state index contributed by atoms with van der Waals surface area (Å²) in [5.74, 6) is -3.30. The summed E-state index contributed by atoms with van der Waals surface area (Å²) < 4.78 is 48.9. The largest absolute Gasteiger partial charge is 0.388 e. The average Bonchev–Trinajstić information content (AvgIpc) is 3.80. The lowest BCUT2D eigenvalue weighted by Crippen LogP contribution is -2.61. The van der Waals surface area contributed by atoms with Crippen LogP contribution in [0.15, 0.2) is 48.6 Å². The summed E-state index contributed by atoms with van der Waals surface area (Å²) in [5, 5.41) is 47.1. The lowest BCUT2D eigenvalue weighted by molar-refractivity contribution is -0.162. The van der Waals surface area contributed by atoms with Crippen molar-refractivity contribution in [2.24, 2.45) is 0 Å². The van der Waals surface area contributed by atoms with E-state index in [0.29, 0.717) is 13.1 Å². The second kappa shape index (κ2) is 14.6. The van der Waals surface area contributed by atoms with Crippen LogP contribution in [0, 0.1) is 0 Å². The zero-order chi connectivity index (χ0) is 39.2. The van der Waals surface area contributed by atoms with Gasteiger partial charge in [-0.1, -0.05) is 55.0 Å². The van der Waals surface area contributed by atoms with E-state index >= 15 is 0 Å². The highest BCUT2D eigenvalue weighted by molar-refractivity contribution is 5.22. The second-order valence-corrected chi connectivity index (χ2v) is 18.3. The first-order chi connectivity index (χ1) is 25.8. The fraction of sp³-hybridized carbons (Fsp3) is 0.805. The highest BCUT2D eigenvalue weighted by atomic mass is 16.8. The van der Waals surface area contributed by atoms with Crippen LogP contribution < -0.4 is 0 Å². The predicted molar refractivity (Wildman–Crippen MR) is 198 cm³/mol. The van der Waals surface area contributed by atoms with Crippen LogP contribution in [0.4, 0.5) is 0 Å². The van der Waals surface area contributed by atoms with Crippen LogP contribution in [0.3, 0.4) is 0 Å². The van der Waals surface area contributed by atoms with Crippen LogP contribution in [-0.4, -0.2) is 164 Å². The third-order valence-electron chi connectivity index (χ3n) is 12.3. The summed E-state index contributed by atoms with van der Waals surface area (Å²) in [6.07, 6.45) is 10.8. The Hall–Kier alpha value is -1.60. The Bertz CT molecular complexity index is 1320. The van der Waals surface area contributed by atoms with Gasteiger partial charge in [0.1, 0.15) is 73.2 Å². The normalized spacial score (nSPS) is 46.9. The van der Waals surface area contributed by atoms with Crippen molar-refractivity contribution in [1.82, 2.24) is 9.80 Å². The van der Waals surface area contributed by atoms with E-state index in [1.165, 1.54) is 0 Å². The first-order valence-corrected chi connectivity index (χ1v) is 20.2. The van der Waals surface area contributed by atoms with Crippen LogP contribution in [-0.2, 0) is 37.9 Å². The molecule has 0 unspecified atom stereocenters. The SMILES string of the molecule is CC1(C)O[C@H]2[C@H](O)[C@@H](N(CCCCCN([C@H]3C=C[C@H]4OC(C)(C)O[C@H]4[C@@H]3O)[C@H]3C=C[C@H]4OC(C)(C)O[C@H]4[C@@H]3O)[C@H]3C=C[C@H]4OC(C)(C)O[C@H]4[C@@H]3O)C=C[C@H]2O1. The monoisotopic (exact) mass is 774 g/mol. The van der Waals surface area contributed by atoms with E-state index in [1.54, 1.807) is 0 Å². The summed E-state index contributed by atoms with van der Waals surface area (Å²) in [6.45, 7) is 15.9. The zero-order valence-electron chi connectivity index (χ0n) is 33.3. The number of aliphatic hydroxyl groups excluding tert-OH is 4. The van der Waals surface area contributed by atoms with Crippen molar-refractivity contribution >= 4 is 0 Å². The van der Waals surface area contributed by atoms with E-state index in [0.717, 1.165) is 19.3 Å². The molecule has 8 rings (SSSR count). The van der Waals surface area contributed by atoms with Gasteiger partial charge in [0.05, 0.1) is 24.2 Å². The lowest BCUT2D eigenvalue weighted by atomic mass is 9.87. The molecule has 0 amide bonds. The predicted octanol–water partition coefficient (Wildman–Crippen LogP) is 2.04. The van der Waals surface area contributed by atoms with Crippen molar-refractivity contribution < 1.29 is 58.3 Å². The van der Waals surface area contributed by atoms with E-state index < -0.39 is 96.1 Å². The fourth-order valence-corrected chi connectivity index (χ4v) is 10.0. The molecule has 0 aromatic rings. The highest BCUT2D eigenvalue weighted by Gasteiger charge is 2.55. The summed E-state index contributed by atoms with van der Waals surface area (Å²) >= 11 is 0. The number of fused-ring (bicyclic) bond motifs is 4. The molecule has 4 N–H and O–H groups in total. The minimum atomic E-state index is -0.895. The van der Waals surface area contributed by atoms with Crippen LogP contribution >= 0.6 is 0 Å². The molecular formula is C41H62N2O12. The van der Waals surface area contributed by atoms with Gasteiger partial charge in [-0.3, -0.25) is 9.80 Å². The van der Waals surface area contributed by atoms with Gasteiger partial charge < -0.3 is 58.3 Å². The fourth-order valence-electron chi connectivity index (χ4n) is 10.0. The molecule has 8 aliphatic rings. The van der Waals surface area contributed by atoms with E-state index in [1.807, 2.05) is 104 Å². The van der Waals surface area contributed by atoms with Crippen LogP contribution in [0.25, 0.3) is 0 Å². The maximum atomic E-state index is 11.8. The van der Waals surface area contributed by atoms with Crippen molar-refractivity contribution in [1.29, 1.82) is 0 Å². The molecule has 0 bridgehead atoms. The van der Waals surface area contributed by atoms with Gasteiger partial charge in [-0.2, -0.15) is 0 Å². The number of unbranched alkanes of at least 4 members (excludes halogenated alkanes) is 2. The number of ether oxygens (including phenoxy) is 8. The molecule has 4 heterocycles. The molecule has 0 radical (unpaired) electrons. The van der Waals surface area contributed by atoms with Gasteiger partial charge in [-0.15, -0.1) is 0 Å². The number of hydrogen-bond donors (Lipinski definition) is 4. The highest BCUT2D eigenvalue weighted by Crippen LogP contribution is 2.41. The molecule has 55 heavy (non-hydrogen) atoms. The molecule has 0 aromatic carbocycles. The van der Waals surface area contributed by atoms with Crippen LogP contribution in [0.2, 0.25) is 0 Å². The van der Waals surface area contributed by atoms with Crippen molar-refractivity contribution in [3.63, 3.8) is 0 Å². The summed E-state index contributed by atoms with van der Waals surface area (Å²) in [4.78, 5) is 4.30. The molecule has 0 aromatic heterocycles. The van der Waals surface area contributed by atoms with Crippen LogP contribution in [0.5, 0.6) is 0 Å². The minimum absolute atomic E-state index is 0.365. The van der Waals surface area contributed by atoms with Gasteiger partial charge >= 0.3 is 0 Å². The van der Waals surface area contributed by atoms with E-state index in [2.05, 4.69) is 9.80 Å². The Morgan fingerprint density at radius 2 is 0.600 bits per heavy atom. The van der Waals surface area contributed by atoms with E-state index in [-0.39, 0.29) is 24.4 Å². The standard InChI is InChI=1S/C41H62N2O12/c1-38(2)48-26-16-12-22(30(44)34(26)52-38)42(23-13-17-27-35(31(23)45)53-39(3,4)49-27)20-10-9-11-21-43(24-14-18-28-36(32(24)46)54-40(5,6)50-28)25-15-19-29-37(33(25)47)55-41(7,8)51-29/h12-19,22-37,44-47H,9-11,20-21H2,1-8H3/t22-,23-,24-,25-,26+,27+,28+,29+,30+,31+,32+,33+,34+,35+,36+,37+/m0/s1. The smallest absolute Gasteiger partial charge is 0.164 e. The van der Waals surface area contributed by atoms with Gasteiger partial charge in [0.15, 0.2) is 23.1 Å². The number of hydrogen-bond acceptors (Lipinski definition) is 14. The molecule has 14 heteroatoms.